The first-order valence-electron chi connectivity index (χ1n) is 10.8. The lowest BCUT2D eigenvalue weighted by atomic mass is 9.96. The van der Waals surface area contributed by atoms with Crippen molar-refractivity contribution >= 4 is 5.71 Å². The van der Waals surface area contributed by atoms with E-state index in [9.17, 15) is 0 Å². The number of para-hydroxylation sites is 2. The van der Waals surface area contributed by atoms with Gasteiger partial charge in [0.25, 0.3) is 0 Å². The predicted octanol–water partition coefficient (Wildman–Crippen LogP) is 5.73. The molecule has 5 nitrogen and oxygen atoms in total. The van der Waals surface area contributed by atoms with E-state index in [2.05, 4.69) is 35.3 Å². The summed E-state index contributed by atoms with van der Waals surface area (Å²) in [5, 5.41) is 7.13. The van der Waals surface area contributed by atoms with E-state index in [1.165, 1.54) is 0 Å². The quantitative estimate of drug-likeness (QED) is 0.517. The molecule has 0 amide bonds. The predicted molar refractivity (Wildman–Crippen MR) is 121 cm³/mol. The monoisotopic (exact) mass is 414 g/mol. The summed E-state index contributed by atoms with van der Waals surface area (Å²) in [6, 6.07) is 24.6. The molecule has 5 rings (SSSR count). The Kier molecular flexibility index (Phi) is 5.24. The molecule has 5 heteroatoms. The Bertz CT molecular complexity index is 1090. The molecule has 2 aliphatic heterocycles. The highest BCUT2D eigenvalue weighted by molar-refractivity contribution is 6.02. The Hall–Kier alpha value is -3.47. The first kappa shape index (κ1) is 19.5. The highest BCUT2D eigenvalue weighted by atomic mass is 16.5. The van der Waals surface area contributed by atoms with E-state index in [0.717, 1.165) is 46.1 Å². The molecule has 2 aliphatic rings. The van der Waals surface area contributed by atoms with Crippen LogP contribution in [0.25, 0.3) is 0 Å². The lowest BCUT2D eigenvalue weighted by molar-refractivity contribution is -0.0205. The van der Waals surface area contributed by atoms with Crippen molar-refractivity contribution in [1.29, 1.82) is 0 Å². The molecule has 0 bridgehead atoms. The smallest absolute Gasteiger partial charge is 0.217 e. The van der Waals surface area contributed by atoms with Gasteiger partial charge in [-0.1, -0.05) is 30.3 Å². The van der Waals surface area contributed by atoms with Gasteiger partial charge in [0.15, 0.2) is 0 Å². The highest BCUT2D eigenvalue weighted by Crippen LogP contribution is 2.48. The van der Waals surface area contributed by atoms with Crippen molar-refractivity contribution in [3.63, 3.8) is 0 Å². The van der Waals surface area contributed by atoms with Crippen LogP contribution in [-0.4, -0.2) is 23.9 Å². The van der Waals surface area contributed by atoms with E-state index in [0.29, 0.717) is 13.2 Å². The summed E-state index contributed by atoms with van der Waals surface area (Å²) in [5.74, 6) is 2.61. The van der Waals surface area contributed by atoms with E-state index in [1.807, 2.05) is 56.3 Å². The Morgan fingerprint density at radius 3 is 2.35 bits per heavy atom. The molecular formula is C26H26N2O3. The minimum Gasteiger partial charge on any atom is -0.494 e. The number of hydrogen-bond donors (Lipinski definition) is 0. The van der Waals surface area contributed by atoms with E-state index < -0.39 is 0 Å². The van der Waals surface area contributed by atoms with Gasteiger partial charge in [0, 0.05) is 12.0 Å². The molecular weight excluding hydrogens is 388 g/mol. The van der Waals surface area contributed by atoms with E-state index in [4.69, 9.17) is 19.3 Å². The van der Waals surface area contributed by atoms with Crippen molar-refractivity contribution in [3.8, 4) is 17.2 Å². The SMILES string of the molecule is CCOc1ccc(C2=NN3[C@@H](c4ccccc4OCC)Oc4ccccc4[C@@H]3C2)cc1. The molecule has 0 aromatic heterocycles. The zero-order valence-electron chi connectivity index (χ0n) is 17.8. The molecule has 3 aromatic rings. The standard InChI is InChI=1S/C26H26N2O3/c1-3-29-19-15-13-18(14-16-19)22-17-23-20-9-5-8-12-25(20)31-26(28(23)27-22)21-10-6-7-11-24(21)30-4-2/h5-16,23,26H,3-4,17H2,1-2H3/t23-,26+/m0/s1. The molecule has 0 aliphatic carbocycles. The molecule has 0 saturated heterocycles. The van der Waals surface area contributed by atoms with E-state index in [1.54, 1.807) is 0 Å². The van der Waals surface area contributed by atoms with Gasteiger partial charge in [-0.05, 0) is 61.9 Å². The van der Waals surface area contributed by atoms with Crippen molar-refractivity contribution in [3.05, 3.63) is 89.5 Å². The molecule has 3 aromatic carbocycles. The van der Waals surface area contributed by atoms with Crippen molar-refractivity contribution in [2.75, 3.05) is 13.2 Å². The molecule has 2 heterocycles. The maximum absolute atomic E-state index is 6.47. The zero-order valence-corrected chi connectivity index (χ0v) is 17.8. The molecule has 2 atom stereocenters. The van der Waals surface area contributed by atoms with Crippen LogP contribution in [-0.2, 0) is 0 Å². The van der Waals surface area contributed by atoms with Gasteiger partial charge < -0.3 is 14.2 Å². The molecule has 31 heavy (non-hydrogen) atoms. The molecule has 0 radical (unpaired) electrons. The number of ether oxygens (including phenoxy) is 3. The fraction of sp³-hybridized carbons (Fsp3) is 0.269. The highest BCUT2D eigenvalue weighted by Gasteiger charge is 2.41. The molecule has 0 fully saturated rings. The molecule has 0 N–H and O–H groups in total. The van der Waals surface area contributed by atoms with Crippen LogP contribution in [0.4, 0.5) is 0 Å². The van der Waals surface area contributed by atoms with Gasteiger partial charge in [-0.25, -0.2) is 5.01 Å². The van der Waals surface area contributed by atoms with Crippen LogP contribution in [0.5, 0.6) is 17.2 Å². The summed E-state index contributed by atoms with van der Waals surface area (Å²) in [7, 11) is 0. The van der Waals surface area contributed by atoms with E-state index >= 15 is 0 Å². The number of benzene rings is 3. The van der Waals surface area contributed by atoms with Gasteiger partial charge in [-0.2, -0.15) is 5.10 Å². The van der Waals surface area contributed by atoms with Crippen molar-refractivity contribution in [2.24, 2.45) is 5.10 Å². The number of hydrazone groups is 1. The van der Waals surface area contributed by atoms with Crippen LogP contribution in [0.3, 0.4) is 0 Å². The third-order valence-corrected chi connectivity index (χ3v) is 5.68. The van der Waals surface area contributed by atoms with Crippen LogP contribution >= 0.6 is 0 Å². The Morgan fingerprint density at radius 2 is 1.58 bits per heavy atom. The maximum atomic E-state index is 6.47. The van der Waals surface area contributed by atoms with Crippen LogP contribution < -0.4 is 14.2 Å². The summed E-state index contributed by atoms with van der Waals surface area (Å²) >= 11 is 0. The van der Waals surface area contributed by atoms with Crippen LogP contribution in [0.1, 0.15) is 49.2 Å². The molecule has 0 saturated carbocycles. The van der Waals surface area contributed by atoms with Crippen LogP contribution in [0, 0.1) is 0 Å². The fourth-order valence-electron chi connectivity index (χ4n) is 4.30. The maximum Gasteiger partial charge on any atom is 0.217 e. The normalized spacial score (nSPS) is 19.2. The van der Waals surface area contributed by atoms with Crippen molar-refractivity contribution in [2.45, 2.75) is 32.5 Å². The van der Waals surface area contributed by atoms with E-state index in [-0.39, 0.29) is 12.3 Å². The van der Waals surface area contributed by atoms with Crippen molar-refractivity contribution < 1.29 is 14.2 Å². The lowest BCUT2D eigenvalue weighted by Gasteiger charge is -2.38. The molecule has 158 valence electrons. The first-order valence-corrected chi connectivity index (χ1v) is 10.8. The summed E-state index contributed by atoms with van der Waals surface area (Å²) in [6.07, 6.45) is 0.477. The largest absolute Gasteiger partial charge is 0.494 e. The molecule has 0 unspecified atom stereocenters. The number of hydrogen-bond acceptors (Lipinski definition) is 5. The summed E-state index contributed by atoms with van der Waals surface area (Å²) < 4.78 is 18.0. The number of fused-ring (bicyclic) bond motifs is 3. The first-order chi connectivity index (χ1) is 15.3. The third kappa shape index (κ3) is 3.61. The van der Waals surface area contributed by atoms with Gasteiger partial charge in [0.05, 0.1) is 30.5 Å². The number of rotatable bonds is 6. The van der Waals surface area contributed by atoms with Gasteiger partial charge in [0.2, 0.25) is 6.23 Å². The van der Waals surface area contributed by atoms with Crippen molar-refractivity contribution in [1.82, 2.24) is 5.01 Å². The van der Waals surface area contributed by atoms with Crippen LogP contribution in [0.15, 0.2) is 77.9 Å². The number of nitrogens with zero attached hydrogens (tertiary/aromatic N) is 2. The second kappa shape index (κ2) is 8.34. The van der Waals surface area contributed by atoms with Gasteiger partial charge in [-0.3, -0.25) is 0 Å². The minimum atomic E-state index is -0.345. The van der Waals surface area contributed by atoms with Gasteiger partial charge in [-0.15, -0.1) is 0 Å². The molecule has 0 spiro atoms. The summed E-state index contributed by atoms with van der Waals surface area (Å²) in [5.41, 5.74) is 4.30. The van der Waals surface area contributed by atoms with Gasteiger partial charge in [0.1, 0.15) is 17.2 Å². The summed E-state index contributed by atoms with van der Waals surface area (Å²) in [6.45, 7) is 5.24. The summed E-state index contributed by atoms with van der Waals surface area (Å²) in [4.78, 5) is 0. The second-order valence-electron chi connectivity index (χ2n) is 7.58. The average Bonchev–Trinajstić information content (AvgIpc) is 3.26. The second-order valence-corrected chi connectivity index (χ2v) is 7.58. The third-order valence-electron chi connectivity index (χ3n) is 5.68. The Balaban J connectivity index is 1.54. The topological polar surface area (TPSA) is 43.3 Å². The Labute approximate surface area is 182 Å². The Morgan fingerprint density at radius 1 is 0.871 bits per heavy atom. The lowest BCUT2D eigenvalue weighted by Crippen LogP contribution is -2.34. The van der Waals surface area contributed by atoms with Gasteiger partial charge >= 0.3 is 0 Å². The minimum absolute atomic E-state index is 0.117. The fourth-order valence-corrected chi connectivity index (χ4v) is 4.30. The van der Waals surface area contributed by atoms with Crippen LogP contribution in [0.2, 0.25) is 0 Å². The zero-order chi connectivity index (χ0) is 21.2. The average molecular weight is 415 g/mol.